The summed E-state index contributed by atoms with van der Waals surface area (Å²) in [6.07, 6.45) is 0. The van der Waals surface area contributed by atoms with Crippen molar-refractivity contribution in [3.05, 3.63) is 65.0 Å². The molecule has 0 atom stereocenters. The van der Waals surface area contributed by atoms with Crippen LogP contribution < -0.4 is 10.5 Å². The summed E-state index contributed by atoms with van der Waals surface area (Å²) in [6, 6.07) is 6.56. The maximum absolute atomic E-state index is 13.8. The standard InChI is InChI=1S/C14H11F3N2O2/c15-10-3-4-11(16)13(6-10)21-7-9-2-1-8(5-12(9)17)14(18)19-20/h1-6,20H,7H2,(H2,18,19). The highest BCUT2D eigenvalue weighted by Crippen LogP contribution is 2.20. The molecule has 0 heterocycles. The van der Waals surface area contributed by atoms with Gasteiger partial charge in [-0.25, -0.2) is 13.2 Å². The van der Waals surface area contributed by atoms with E-state index in [1.807, 2.05) is 0 Å². The lowest BCUT2D eigenvalue weighted by Crippen LogP contribution is -2.13. The van der Waals surface area contributed by atoms with E-state index in [4.69, 9.17) is 15.7 Å². The third kappa shape index (κ3) is 3.44. The number of amidine groups is 1. The molecule has 0 bridgehead atoms. The van der Waals surface area contributed by atoms with Gasteiger partial charge in [-0.3, -0.25) is 0 Å². The molecule has 110 valence electrons. The molecule has 21 heavy (non-hydrogen) atoms. The Kier molecular flexibility index (Phi) is 4.32. The summed E-state index contributed by atoms with van der Waals surface area (Å²) >= 11 is 0. The molecule has 2 rings (SSSR count). The Bertz CT molecular complexity index is 690. The number of nitrogens with two attached hydrogens (primary N) is 1. The maximum atomic E-state index is 13.8. The summed E-state index contributed by atoms with van der Waals surface area (Å²) in [7, 11) is 0. The van der Waals surface area contributed by atoms with Crippen molar-refractivity contribution in [2.45, 2.75) is 6.61 Å². The average Bonchev–Trinajstić information content (AvgIpc) is 2.48. The summed E-state index contributed by atoms with van der Waals surface area (Å²) in [6.45, 7) is -0.289. The zero-order valence-corrected chi connectivity index (χ0v) is 10.7. The third-order valence-electron chi connectivity index (χ3n) is 2.73. The minimum Gasteiger partial charge on any atom is -0.486 e. The number of hydrogen-bond acceptors (Lipinski definition) is 3. The maximum Gasteiger partial charge on any atom is 0.170 e. The van der Waals surface area contributed by atoms with Gasteiger partial charge in [0.15, 0.2) is 17.4 Å². The molecule has 0 unspecified atom stereocenters. The molecular formula is C14H11F3N2O2. The first-order valence-corrected chi connectivity index (χ1v) is 5.85. The van der Waals surface area contributed by atoms with Crippen LogP contribution in [-0.4, -0.2) is 11.0 Å². The van der Waals surface area contributed by atoms with Crippen LogP contribution in [0.15, 0.2) is 41.6 Å². The second-order valence-electron chi connectivity index (χ2n) is 4.15. The van der Waals surface area contributed by atoms with E-state index in [1.165, 1.54) is 12.1 Å². The van der Waals surface area contributed by atoms with Gasteiger partial charge in [-0.1, -0.05) is 17.3 Å². The van der Waals surface area contributed by atoms with E-state index in [0.29, 0.717) is 0 Å². The van der Waals surface area contributed by atoms with Crippen molar-refractivity contribution < 1.29 is 23.1 Å². The van der Waals surface area contributed by atoms with Gasteiger partial charge in [-0.2, -0.15) is 0 Å². The molecule has 0 saturated carbocycles. The average molecular weight is 296 g/mol. The van der Waals surface area contributed by atoms with Gasteiger partial charge in [0.1, 0.15) is 18.2 Å². The first kappa shape index (κ1) is 14.7. The molecular weight excluding hydrogens is 285 g/mol. The van der Waals surface area contributed by atoms with Crippen molar-refractivity contribution >= 4 is 5.84 Å². The summed E-state index contributed by atoms with van der Waals surface area (Å²) in [5.41, 5.74) is 5.63. The number of hydrogen-bond donors (Lipinski definition) is 2. The predicted molar refractivity (Wildman–Crippen MR) is 69.6 cm³/mol. The van der Waals surface area contributed by atoms with Crippen LogP contribution in [0.1, 0.15) is 11.1 Å². The van der Waals surface area contributed by atoms with E-state index in [1.54, 1.807) is 0 Å². The Morgan fingerprint density at radius 3 is 2.52 bits per heavy atom. The second-order valence-corrected chi connectivity index (χ2v) is 4.15. The fourth-order valence-electron chi connectivity index (χ4n) is 1.62. The van der Waals surface area contributed by atoms with Crippen LogP contribution >= 0.6 is 0 Å². The number of nitrogens with zero attached hydrogens (tertiary/aromatic N) is 1. The normalized spacial score (nSPS) is 11.5. The molecule has 2 aromatic carbocycles. The number of ether oxygens (including phenoxy) is 1. The van der Waals surface area contributed by atoms with E-state index in [-0.39, 0.29) is 29.3 Å². The fraction of sp³-hybridized carbons (Fsp3) is 0.0714. The van der Waals surface area contributed by atoms with Crippen LogP contribution in [0.2, 0.25) is 0 Å². The fourth-order valence-corrected chi connectivity index (χ4v) is 1.62. The Morgan fingerprint density at radius 2 is 1.86 bits per heavy atom. The van der Waals surface area contributed by atoms with Crippen LogP contribution in [0.3, 0.4) is 0 Å². The quantitative estimate of drug-likeness (QED) is 0.394. The first-order chi connectivity index (χ1) is 10.0. The van der Waals surface area contributed by atoms with Crippen molar-refractivity contribution in [3.63, 3.8) is 0 Å². The van der Waals surface area contributed by atoms with Crippen LogP contribution in [-0.2, 0) is 6.61 Å². The van der Waals surface area contributed by atoms with Gasteiger partial charge < -0.3 is 15.7 Å². The minimum absolute atomic E-state index is 0.119. The summed E-state index contributed by atoms with van der Waals surface area (Å²) in [4.78, 5) is 0. The monoisotopic (exact) mass is 296 g/mol. The SMILES string of the molecule is NC(=NO)c1ccc(COc2cc(F)ccc2F)c(F)c1. The molecule has 7 heteroatoms. The summed E-state index contributed by atoms with van der Waals surface area (Å²) in [5, 5.41) is 11.2. The van der Waals surface area contributed by atoms with E-state index in [2.05, 4.69) is 5.16 Å². The Balaban J connectivity index is 2.15. The Hall–Kier alpha value is -2.70. The lowest BCUT2D eigenvalue weighted by Gasteiger charge is -2.09. The third-order valence-corrected chi connectivity index (χ3v) is 2.73. The summed E-state index contributed by atoms with van der Waals surface area (Å²) < 4.78 is 45.1. The topological polar surface area (TPSA) is 67.8 Å². The molecule has 0 fully saturated rings. The van der Waals surface area contributed by atoms with E-state index < -0.39 is 17.5 Å². The van der Waals surface area contributed by atoms with Crippen molar-refractivity contribution in [3.8, 4) is 5.75 Å². The van der Waals surface area contributed by atoms with Crippen LogP contribution in [0, 0.1) is 17.5 Å². The molecule has 0 aliphatic carbocycles. The number of rotatable bonds is 4. The van der Waals surface area contributed by atoms with E-state index in [0.717, 1.165) is 24.3 Å². The largest absolute Gasteiger partial charge is 0.486 e. The van der Waals surface area contributed by atoms with Gasteiger partial charge in [0.05, 0.1) is 0 Å². The molecule has 0 spiro atoms. The molecule has 0 radical (unpaired) electrons. The Labute approximate surface area is 118 Å². The highest BCUT2D eigenvalue weighted by Gasteiger charge is 2.09. The molecule has 0 amide bonds. The Morgan fingerprint density at radius 1 is 1.10 bits per heavy atom. The highest BCUT2D eigenvalue weighted by molar-refractivity contribution is 5.97. The zero-order valence-electron chi connectivity index (χ0n) is 10.7. The summed E-state index contributed by atoms with van der Waals surface area (Å²) in [5.74, 6) is -2.62. The van der Waals surface area contributed by atoms with E-state index >= 15 is 0 Å². The number of oxime groups is 1. The number of halogens is 3. The predicted octanol–water partition coefficient (Wildman–Crippen LogP) is 2.78. The van der Waals surface area contributed by atoms with Crippen LogP contribution in [0.25, 0.3) is 0 Å². The van der Waals surface area contributed by atoms with Gasteiger partial charge in [0.25, 0.3) is 0 Å². The van der Waals surface area contributed by atoms with Crippen molar-refractivity contribution in [2.24, 2.45) is 10.9 Å². The molecule has 0 aromatic heterocycles. The van der Waals surface area contributed by atoms with Gasteiger partial charge in [-0.05, 0) is 18.2 Å². The van der Waals surface area contributed by atoms with Gasteiger partial charge in [-0.15, -0.1) is 0 Å². The zero-order chi connectivity index (χ0) is 15.4. The molecule has 2 aromatic rings. The van der Waals surface area contributed by atoms with E-state index in [9.17, 15) is 13.2 Å². The van der Waals surface area contributed by atoms with Crippen LogP contribution in [0.4, 0.5) is 13.2 Å². The molecule has 0 saturated heterocycles. The molecule has 3 N–H and O–H groups in total. The molecule has 0 aliphatic rings. The minimum atomic E-state index is -0.745. The lowest BCUT2D eigenvalue weighted by molar-refractivity contribution is 0.283. The van der Waals surface area contributed by atoms with Gasteiger partial charge in [0.2, 0.25) is 0 Å². The highest BCUT2D eigenvalue weighted by atomic mass is 19.1. The lowest BCUT2D eigenvalue weighted by atomic mass is 10.1. The van der Waals surface area contributed by atoms with Crippen LogP contribution in [0.5, 0.6) is 5.75 Å². The molecule has 0 aliphatic heterocycles. The first-order valence-electron chi connectivity index (χ1n) is 5.85. The van der Waals surface area contributed by atoms with Gasteiger partial charge in [0, 0.05) is 17.2 Å². The smallest absolute Gasteiger partial charge is 0.170 e. The molecule has 4 nitrogen and oxygen atoms in total. The number of benzene rings is 2. The second kappa shape index (κ2) is 6.17. The van der Waals surface area contributed by atoms with Crippen molar-refractivity contribution in [1.82, 2.24) is 0 Å². The van der Waals surface area contributed by atoms with Crippen molar-refractivity contribution in [1.29, 1.82) is 0 Å². The van der Waals surface area contributed by atoms with Crippen molar-refractivity contribution in [2.75, 3.05) is 0 Å². The van der Waals surface area contributed by atoms with Gasteiger partial charge >= 0.3 is 0 Å².